The molecule has 96 valence electrons. The molecule has 18 heavy (non-hydrogen) atoms. The van der Waals surface area contributed by atoms with Gasteiger partial charge in [-0.2, -0.15) is 5.26 Å². The van der Waals surface area contributed by atoms with Crippen molar-refractivity contribution in [2.45, 2.75) is 37.8 Å². The summed E-state index contributed by atoms with van der Waals surface area (Å²) in [5, 5.41) is 12.4. The van der Waals surface area contributed by atoms with Crippen LogP contribution in [-0.4, -0.2) is 24.2 Å². The topological polar surface area (TPSA) is 57.9 Å². The summed E-state index contributed by atoms with van der Waals surface area (Å²) in [5.41, 5.74) is 0.239. The molecule has 1 aliphatic carbocycles. The number of nitrogens with zero attached hydrogens (tertiary/aromatic N) is 2. The Labute approximate surface area is 112 Å². The highest BCUT2D eigenvalue weighted by Crippen LogP contribution is 2.25. The fourth-order valence-electron chi connectivity index (χ4n) is 2.23. The summed E-state index contributed by atoms with van der Waals surface area (Å²) in [6, 6.07) is 4.20. The standard InChI is InChI=1S/C13H16ClN3O/c1-16-9-2-4-10(5-3-9)18-11-6-12(14)13(7-15)17-8-11/h6,8-10,16H,2-5H2,1H3. The summed E-state index contributed by atoms with van der Waals surface area (Å²) in [6.45, 7) is 0. The quantitative estimate of drug-likeness (QED) is 0.912. The van der Waals surface area contributed by atoms with Crippen LogP contribution in [0.2, 0.25) is 5.02 Å². The molecule has 1 saturated carbocycles. The van der Waals surface area contributed by atoms with Crippen LogP contribution in [0.15, 0.2) is 12.3 Å². The number of halogens is 1. The van der Waals surface area contributed by atoms with Crippen molar-refractivity contribution in [2.75, 3.05) is 7.05 Å². The highest BCUT2D eigenvalue weighted by molar-refractivity contribution is 6.31. The van der Waals surface area contributed by atoms with Gasteiger partial charge in [-0.15, -0.1) is 0 Å². The van der Waals surface area contributed by atoms with Crippen molar-refractivity contribution in [3.8, 4) is 11.8 Å². The number of aromatic nitrogens is 1. The van der Waals surface area contributed by atoms with E-state index in [1.165, 1.54) is 0 Å². The highest BCUT2D eigenvalue weighted by atomic mass is 35.5. The zero-order valence-corrected chi connectivity index (χ0v) is 11.1. The van der Waals surface area contributed by atoms with Gasteiger partial charge in [0.2, 0.25) is 0 Å². The lowest BCUT2D eigenvalue weighted by atomic mass is 9.93. The van der Waals surface area contributed by atoms with Gasteiger partial charge < -0.3 is 10.1 Å². The van der Waals surface area contributed by atoms with Gasteiger partial charge in [0.15, 0.2) is 5.69 Å². The van der Waals surface area contributed by atoms with E-state index in [2.05, 4.69) is 10.3 Å². The fourth-order valence-corrected chi connectivity index (χ4v) is 2.43. The van der Waals surface area contributed by atoms with Crippen molar-refractivity contribution in [1.82, 2.24) is 10.3 Å². The molecule has 1 N–H and O–H groups in total. The number of nitriles is 1. The second kappa shape index (κ2) is 6.03. The second-order valence-corrected chi connectivity index (χ2v) is 4.90. The second-order valence-electron chi connectivity index (χ2n) is 4.49. The summed E-state index contributed by atoms with van der Waals surface area (Å²) >= 11 is 5.92. The molecule has 1 heterocycles. The Morgan fingerprint density at radius 3 is 2.72 bits per heavy atom. The Hall–Kier alpha value is -1.31. The van der Waals surface area contributed by atoms with Crippen LogP contribution in [0.4, 0.5) is 0 Å². The first-order chi connectivity index (χ1) is 8.72. The van der Waals surface area contributed by atoms with Crippen molar-refractivity contribution in [1.29, 1.82) is 5.26 Å². The van der Waals surface area contributed by atoms with Gasteiger partial charge in [0.1, 0.15) is 11.8 Å². The van der Waals surface area contributed by atoms with Gasteiger partial charge in [-0.05, 0) is 32.7 Å². The Morgan fingerprint density at radius 2 is 2.17 bits per heavy atom. The van der Waals surface area contributed by atoms with E-state index in [9.17, 15) is 0 Å². The van der Waals surface area contributed by atoms with Gasteiger partial charge in [0.25, 0.3) is 0 Å². The van der Waals surface area contributed by atoms with Crippen molar-refractivity contribution < 1.29 is 4.74 Å². The molecule has 0 aromatic carbocycles. The van der Waals surface area contributed by atoms with E-state index in [0.29, 0.717) is 16.8 Å². The van der Waals surface area contributed by atoms with Crippen molar-refractivity contribution in [3.63, 3.8) is 0 Å². The van der Waals surface area contributed by atoms with Crippen LogP contribution in [-0.2, 0) is 0 Å². The summed E-state index contributed by atoms with van der Waals surface area (Å²) in [7, 11) is 2.00. The fraction of sp³-hybridized carbons (Fsp3) is 0.538. The maximum absolute atomic E-state index is 8.74. The van der Waals surface area contributed by atoms with Crippen molar-refractivity contribution in [2.24, 2.45) is 0 Å². The van der Waals surface area contributed by atoms with Crippen LogP contribution >= 0.6 is 11.6 Å². The molecule has 0 aliphatic heterocycles. The minimum Gasteiger partial charge on any atom is -0.489 e. The van der Waals surface area contributed by atoms with Crippen molar-refractivity contribution in [3.05, 3.63) is 23.0 Å². The molecule has 0 atom stereocenters. The third-order valence-corrected chi connectivity index (χ3v) is 3.60. The van der Waals surface area contributed by atoms with E-state index in [1.54, 1.807) is 12.3 Å². The number of ether oxygens (including phenoxy) is 1. The molecule has 5 heteroatoms. The summed E-state index contributed by atoms with van der Waals surface area (Å²) in [6.07, 6.45) is 6.10. The molecule has 2 rings (SSSR count). The first-order valence-electron chi connectivity index (χ1n) is 6.12. The normalized spacial score (nSPS) is 23.4. The Kier molecular flexibility index (Phi) is 4.40. The lowest BCUT2D eigenvalue weighted by molar-refractivity contribution is 0.141. The minimum absolute atomic E-state index is 0.223. The van der Waals surface area contributed by atoms with Gasteiger partial charge in [-0.25, -0.2) is 4.98 Å². The minimum atomic E-state index is 0.223. The average molecular weight is 266 g/mol. The van der Waals surface area contributed by atoms with E-state index >= 15 is 0 Å². The molecule has 0 spiro atoms. The van der Waals surface area contributed by atoms with Gasteiger partial charge in [0, 0.05) is 12.1 Å². The summed E-state index contributed by atoms with van der Waals surface area (Å²) in [5.74, 6) is 0.645. The lowest BCUT2D eigenvalue weighted by Crippen LogP contribution is -2.34. The molecule has 4 nitrogen and oxygen atoms in total. The average Bonchev–Trinajstić information content (AvgIpc) is 2.40. The first kappa shape index (κ1) is 13.1. The summed E-state index contributed by atoms with van der Waals surface area (Å²) < 4.78 is 5.84. The molecule has 0 bridgehead atoms. The molecule has 1 fully saturated rings. The SMILES string of the molecule is CNC1CCC(Oc2cnc(C#N)c(Cl)c2)CC1. The van der Waals surface area contributed by atoms with Crippen LogP contribution in [0.5, 0.6) is 5.75 Å². The van der Waals surface area contributed by atoms with Crippen molar-refractivity contribution >= 4 is 11.6 Å². The molecule has 0 saturated heterocycles. The van der Waals surface area contributed by atoms with E-state index in [-0.39, 0.29) is 11.8 Å². The van der Waals surface area contributed by atoms with Gasteiger partial charge in [-0.1, -0.05) is 11.6 Å². The van der Waals surface area contributed by atoms with E-state index in [4.69, 9.17) is 21.6 Å². The number of hydrogen-bond donors (Lipinski definition) is 1. The molecule has 1 aromatic rings. The number of rotatable bonds is 3. The van der Waals surface area contributed by atoms with Crippen LogP contribution in [0.3, 0.4) is 0 Å². The zero-order valence-electron chi connectivity index (χ0n) is 10.3. The molecular weight excluding hydrogens is 250 g/mol. The van der Waals surface area contributed by atoms with Gasteiger partial charge in [-0.3, -0.25) is 0 Å². The number of pyridine rings is 1. The lowest BCUT2D eigenvalue weighted by Gasteiger charge is -2.28. The van der Waals surface area contributed by atoms with Gasteiger partial charge in [0.05, 0.1) is 17.3 Å². The Bertz CT molecular complexity index is 450. The monoisotopic (exact) mass is 265 g/mol. The summed E-state index contributed by atoms with van der Waals surface area (Å²) in [4.78, 5) is 3.96. The maximum Gasteiger partial charge on any atom is 0.159 e. The van der Waals surface area contributed by atoms with Crippen LogP contribution < -0.4 is 10.1 Å². The maximum atomic E-state index is 8.74. The predicted octanol–water partition coefficient (Wildman–Crippen LogP) is 2.52. The zero-order chi connectivity index (χ0) is 13.0. The van der Waals surface area contributed by atoms with E-state index in [1.807, 2.05) is 13.1 Å². The van der Waals surface area contributed by atoms with E-state index < -0.39 is 0 Å². The first-order valence-corrected chi connectivity index (χ1v) is 6.50. The third-order valence-electron chi connectivity index (χ3n) is 3.31. The molecular formula is C13H16ClN3O. The Morgan fingerprint density at radius 1 is 1.44 bits per heavy atom. The van der Waals surface area contributed by atoms with Gasteiger partial charge >= 0.3 is 0 Å². The smallest absolute Gasteiger partial charge is 0.159 e. The number of hydrogen-bond acceptors (Lipinski definition) is 4. The highest BCUT2D eigenvalue weighted by Gasteiger charge is 2.21. The molecule has 0 amide bonds. The van der Waals surface area contributed by atoms with Crippen LogP contribution in [0.1, 0.15) is 31.4 Å². The van der Waals surface area contributed by atoms with Crippen LogP contribution in [0.25, 0.3) is 0 Å². The molecule has 1 aromatic heterocycles. The predicted molar refractivity (Wildman–Crippen MR) is 69.7 cm³/mol. The van der Waals surface area contributed by atoms with E-state index in [0.717, 1.165) is 25.7 Å². The molecule has 0 unspecified atom stereocenters. The Balaban J connectivity index is 1.94. The molecule has 1 aliphatic rings. The third kappa shape index (κ3) is 3.12. The van der Waals surface area contributed by atoms with Crippen LogP contribution in [0, 0.1) is 11.3 Å². The molecule has 0 radical (unpaired) electrons. The number of nitrogens with one attached hydrogen (secondary N) is 1. The largest absolute Gasteiger partial charge is 0.489 e.